The minimum absolute atomic E-state index is 0.348. The quantitative estimate of drug-likeness (QED) is 0.187. The van der Waals surface area contributed by atoms with Gasteiger partial charge in [-0.05, 0) is 72.9 Å². The molecule has 0 aliphatic rings. The molecule has 2 atom stereocenters. The maximum Gasteiger partial charge on any atom is 0.337 e. The van der Waals surface area contributed by atoms with E-state index in [4.69, 9.17) is 9.05 Å². The Morgan fingerprint density at radius 2 is 1.65 bits per heavy atom. The lowest BCUT2D eigenvalue weighted by atomic mass is 9.92. The van der Waals surface area contributed by atoms with Crippen LogP contribution in [0.3, 0.4) is 0 Å². The van der Waals surface area contributed by atoms with Crippen LogP contribution >= 0.6 is 7.60 Å². The van der Waals surface area contributed by atoms with Crippen molar-refractivity contribution in [3.05, 3.63) is 95.7 Å². The summed E-state index contributed by atoms with van der Waals surface area (Å²) in [7, 11) is -5.35. The van der Waals surface area contributed by atoms with E-state index in [0.717, 1.165) is 33.2 Å². The van der Waals surface area contributed by atoms with Gasteiger partial charge >= 0.3 is 7.60 Å². The summed E-state index contributed by atoms with van der Waals surface area (Å²) in [6.45, 7) is 3.41. The van der Waals surface area contributed by atoms with Gasteiger partial charge in [0.1, 0.15) is 0 Å². The van der Waals surface area contributed by atoms with Gasteiger partial charge in [0.05, 0.1) is 15.9 Å². The molecule has 0 radical (unpaired) electrons. The van der Waals surface area contributed by atoms with Crippen molar-refractivity contribution >= 4 is 39.1 Å². The van der Waals surface area contributed by atoms with Gasteiger partial charge in [-0.1, -0.05) is 42.5 Å². The smallest absolute Gasteiger partial charge is 0.312 e. The molecule has 0 fully saturated rings. The van der Waals surface area contributed by atoms with Crippen molar-refractivity contribution in [2.45, 2.75) is 35.6 Å². The Kier molecular flexibility index (Phi) is 8.83. The molecule has 0 aliphatic carbocycles. The molecule has 0 saturated carbocycles. The number of fused-ring (bicyclic) bond motifs is 1. The van der Waals surface area contributed by atoms with Gasteiger partial charge in [0, 0.05) is 59.6 Å². The Morgan fingerprint density at radius 3 is 2.25 bits per heavy atom. The molecule has 0 N–H and O–H groups in total. The molecule has 3 aromatic carbocycles. The molecule has 0 saturated heterocycles. The summed E-state index contributed by atoms with van der Waals surface area (Å²) >= 11 is 0. The van der Waals surface area contributed by atoms with E-state index >= 15 is 0 Å². The second-order valence-corrected chi connectivity index (χ2v) is 16.6. The van der Waals surface area contributed by atoms with Gasteiger partial charge < -0.3 is 9.05 Å². The Morgan fingerprint density at radius 1 is 0.975 bits per heavy atom. The first-order valence-electron chi connectivity index (χ1n) is 12.6. The SMILES string of the molecule is COP(=O)(OC)C(Cc1cccc(-c2cc(C(C)(C)S(C)(=O)=O)cc3cccnc23)c1)c1ccc(S(C)=O)cc1. The van der Waals surface area contributed by atoms with Crippen LogP contribution in [0.4, 0.5) is 0 Å². The molecular weight excluding hydrogens is 565 g/mol. The van der Waals surface area contributed by atoms with Crippen LogP contribution in [0.15, 0.2) is 83.9 Å². The topological polar surface area (TPSA) is 99.6 Å². The van der Waals surface area contributed by atoms with Crippen molar-refractivity contribution in [3.63, 3.8) is 0 Å². The summed E-state index contributed by atoms with van der Waals surface area (Å²) in [6, 6.07) is 22.5. The van der Waals surface area contributed by atoms with Gasteiger partial charge in [0.15, 0.2) is 9.84 Å². The Bertz CT molecular complexity index is 1710. The van der Waals surface area contributed by atoms with Gasteiger partial charge in [-0.3, -0.25) is 13.8 Å². The summed E-state index contributed by atoms with van der Waals surface area (Å²) < 4.78 is 60.7. The van der Waals surface area contributed by atoms with Crippen molar-refractivity contribution in [2.24, 2.45) is 0 Å². The second-order valence-electron chi connectivity index (χ2n) is 10.2. The number of benzene rings is 3. The first-order chi connectivity index (χ1) is 18.8. The number of hydrogen-bond donors (Lipinski definition) is 0. The molecule has 1 heterocycles. The summed E-state index contributed by atoms with van der Waals surface area (Å²) in [5.74, 6) is 0. The number of sulfone groups is 1. The predicted molar refractivity (Wildman–Crippen MR) is 162 cm³/mol. The lowest BCUT2D eigenvalue weighted by Gasteiger charge is -2.26. The van der Waals surface area contributed by atoms with Crippen LogP contribution in [0, 0.1) is 0 Å². The lowest BCUT2D eigenvalue weighted by Crippen LogP contribution is -2.28. The fourth-order valence-electron chi connectivity index (χ4n) is 4.69. The van der Waals surface area contributed by atoms with Gasteiger partial charge in [-0.25, -0.2) is 8.42 Å². The van der Waals surface area contributed by atoms with Crippen LogP contribution in [0.5, 0.6) is 0 Å². The average Bonchev–Trinajstić information content (AvgIpc) is 2.94. The van der Waals surface area contributed by atoms with Crippen LogP contribution < -0.4 is 0 Å². The van der Waals surface area contributed by atoms with Gasteiger partial charge in [0.25, 0.3) is 0 Å². The van der Waals surface area contributed by atoms with Crippen LogP contribution in [0.25, 0.3) is 22.0 Å². The predicted octanol–water partition coefficient (Wildman–Crippen LogP) is 6.69. The Labute approximate surface area is 238 Å². The van der Waals surface area contributed by atoms with E-state index in [1.165, 1.54) is 20.5 Å². The molecule has 40 heavy (non-hydrogen) atoms. The first kappa shape index (κ1) is 30.3. The zero-order chi connectivity index (χ0) is 29.3. The van der Waals surface area contributed by atoms with Gasteiger partial charge in [-0.15, -0.1) is 0 Å². The molecule has 0 spiro atoms. The van der Waals surface area contributed by atoms with E-state index in [1.54, 1.807) is 38.4 Å². The van der Waals surface area contributed by atoms with Crippen LogP contribution in [-0.4, -0.2) is 44.3 Å². The van der Waals surface area contributed by atoms with Gasteiger partial charge in [-0.2, -0.15) is 0 Å². The third-order valence-corrected chi connectivity index (χ3v) is 12.8. The number of aromatic nitrogens is 1. The minimum Gasteiger partial charge on any atom is -0.312 e. The normalized spacial score (nSPS) is 14.2. The fraction of sp³-hybridized carbons (Fsp3) is 0.300. The summed E-state index contributed by atoms with van der Waals surface area (Å²) in [5, 5.41) is 0.840. The van der Waals surface area contributed by atoms with Crippen LogP contribution in [0.1, 0.15) is 36.2 Å². The highest BCUT2D eigenvalue weighted by atomic mass is 32.2. The Hall–Kier alpha value is -2.68. The highest BCUT2D eigenvalue weighted by molar-refractivity contribution is 7.91. The number of hydrogen-bond acceptors (Lipinski definition) is 7. The van der Waals surface area contributed by atoms with Crippen molar-refractivity contribution < 1.29 is 26.2 Å². The zero-order valence-corrected chi connectivity index (χ0v) is 26.0. The third kappa shape index (κ3) is 5.99. The summed E-state index contributed by atoms with van der Waals surface area (Å²) in [6.07, 6.45) is 4.92. The number of rotatable bonds is 10. The largest absolute Gasteiger partial charge is 0.337 e. The van der Waals surface area contributed by atoms with Crippen molar-refractivity contribution in [3.8, 4) is 11.1 Å². The molecule has 2 unspecified atom stereocenters. The molecule has 10 heteroatoms. The van der Waals surface area contributed by atoms with E-state index in [9.17, 15) is 17.2 Å². The highest BCUT2D eigenvalue weighted by Crippen LogP contribution is 2.61. The number of pyridine rings is 1. The third-order valence-electron chi connectivity index (χ3n) is 7.48. The van der Waals surface area contributed by atoms with E-state index in [1.807, 2.05) is 60.7 Å². The molecule has 4 rings (SSSR count). The van der Waals surface area contributed by atoms with Crippen LogP contribution in [-0.2, 0) is 45.4 Å². The molecule has 4 aromatic rings. The van der Waals surface area contributed by atoms with E-state index in [0.29, 0.717) is 16.9 Å². The number of nitrogens with zero attached hydrogens (tertiary/aromatic N) is 1. The lowest BCUT2D eigenvalue weighted by molar-refractivity contribution is 0.265. The van der Waals surface area contributed by atoms with E-state index in [-0.39, 0.29) is 0 Å². The van der Waals surface area contributed by atoms with Crippen molar-refractivity contribution in [1.29, 1.82) is 0 Å². The van der Waals surface area contributed by atoms with Crippen molar-refractivity contribution in [1.82, 2.24) is 4.98 Å². The average molecular weight is 600 g/mol. The minimum atomic E-state index is -3.55. The molecule has 0 bridgehead atoms. The molecule has 212 valence electrons. The van der Waals surface area contributed by atoms with Gasteiger partial charge in [0.2, 0.25) is 0 Å². The van der Waals surface area contributed by atoms with Crippen LogP contribution in [0.2, 0.25) is 0 Å². The molecule has 7 nitrogen and oxygen atoms in total. The first-order valence-corrected chi connectivity index (χ1v) is 17.7. The summed E-state index contributed by atoms with van der Waals surface area (Å²) in [5.41, 5.74) is 4.11. The van der Waals surface area contributed by atoms with Crippen molar-refractivity contribution in [2.75, 3.05) is 26.7 Å². The highest BCUT2D eigenvalue weighted by Gasteiger charge is 2.36. The molecule has 0 aliphatic heterocycles. The Balaban J connectivity index is 1.83. The summed E-state index contributed by atoms with van der Waals surface area (Å²) in [4.78, 5) is 5.28. The monoisotopic (exact) mass is 599 g/mol. The molecular formula is C30H34NO6PS2. The standard InChI is InChI=1S/C30H34NO6PS2/c1-30(2,40(6,34)35)25-19-24-11-8-16-31-29(24)27(20-25)23-10-7-9-21(17-23)18-28(38(32,36-3)37-4)22-12-14-26(15-13-22)39(5)33/h7-17,19-20,28H,18H2,1-6H3. The molecule has 0 amide bonds. The fourth-order valence-corrected chi connectivity index (χ4v) is 7.38. The van der Waals surface area contributed by atoms with E-state index in [2.05, 4.69) is 4.98 Å². The maximum atomic E-state index is 13.7. The zero-order valence-electron chi connectivity index (χ0n) is 23.5. The maximum absolute atomic E-state index is 13.7. The molecule has 1 aromatic heterocycles. The second kappa shape index (κ2) is 11.7. The van der Waals surface area contributed by atoms with E-state index < -0.39 is 38.6 Å².